The zero-order chi connectivity index (χ0) is 16.7. The number of hydrogen-bond donors (Lipinski definition) is 1. The average Bonchev–Trinajstić information content (AvgIpc) is 2.58. The molecule has 0 bridgehead atoms. The second-order valence-electron chi connectivity index (χ2n) is 6.32. The van der Waals surface area contributed by atoms with Gasteiger partial charge in [-0.15, -0.1) is 0 Å². The molecule has 1 heterocycles. The lowest BCUT2D eigenvalue weighted by Gasteiger charge is -2.26. The van der Waals surface area contributed by atoms with E-state index in [9.17, 15) is 9.59 Å². The average molecular weight is 316 g/mol. The number of rotatable bonds is 6. The minimum atomic E-state index is 0.0651. The summed E-state index contributed by atoms with van der Waals surface area (Å²) < 4.78 is 0. The summed E-state index contributed by atoms with van der Waals surface area (Å²) in [6.07, 6.45) is 5.62. The highest BCUT2D eigenvalue weighted by atomic mass is 16.2. The zero-order valence-corrected chi connectivity index (χ0v) is 14.3. The first-order chi connectivity index (χ1) is 11.1. The maximum absolute atomic E-state index is 12.3. The third kappa shape index (κ3) is 5.08. The molecule has 2 amide bonds. The van der Waals surface area contributed by atoms with Gasteiger partial charge < -0.3 is 10.2 Å². The van der Waals surface area contributed by atoms with Gasteiger partial charge in [-0.05, 0) is 49.8 Å². The molecule has 0 saturated carbocycles. The predicted octanol–water partition coefficient (Wildman–Crippen LogP) is 3.62. The Balaban J connectivity index is 1.89. The molecule has 1 aromatic carbocycles. The topological polar surface area (TPSA) is 49.4 Å². The largest absolute Gasteiger partial charge is 0.342 e. The first-order valence-electron chi connectivity index (χ1n) is 8.81. The van der Waals surface area contributed by atoms with Crippen LogP contribution in [0.1, 0.15) is 51.5 Å². The van der Waals surface area contributed by atoms with Crippen molar-refractivity contribution in [3.8, 4) is 0 Å². The number of benzene rings is 1. The molecule has 0 unspecified atom stereocenters. The Kier molecular flexibility index (Phi) is 6.63. The van der Waals surface area contributed by atoms with Crippen molar-refractivity contribution in [2.24, 2.45) is 5.92 Å². The van der Waals surface area contributed by atoms with Crippen LogP contribution in [0.3, 0.4) is 0 Å². The molecular formula is C19H28N2O2. The van der Waals surface area contributed by atoms with Crippen LogP contribution >= 0.6 is 0 Å². The smallest absolute Gasteiger partial charge is 0.227 e. The van der Waals surface area contributed by atoms with E-state index >= 15 is 0 Å². The molecule has 4 heteroatoms. The van der Waals surface area contributed by atoms with E-state index in [0.29, 0.717) is 6.42 Å². The molecule has 2 rings (SSSR count). The molecule has 0 radical (unpaired) electrons. The molecule has 126 valence electrons. The van der Waals surface area contributed by atoms with Gasteiger partial charge in [0.15, 0.2) is 0 Å². The fraction of sp³-hybridized carbons (Fsp3) is 0.579. The van der Waals surface area contributed by atoms with Crippen LogP contribution in [0.5, 0.6) is 0 Å². The van der Waals surface area contributed by atoms with Gasteiger partial charge in [-0.25, -0.2) is 0 Å². The maximum atomic E-state index is 12.3. The number of carbonyl (C=O) groups excluding carboxylic acids is 2. The minimum Gasteiger partial charge on any atom is -0.342 e. The Bertz CT molecular complexity index is 515. The Hall–Kier alpha value is -1.84. The number of amides is 2. The summed E-state index contributed by atoms with van der Waals surface area (Å²) in [4.78, 5) is 26.3. The van der Waals surface area contributed by atoms with E-state index in [4.69, 9.17) is 0 Å². The predicted molar refractivity (Wildman–Crippen MR) is 93.3 cm³/mol. The third-order valence-electron chi connectivity index (χ3n) is 4.64. The highest BCUT2D eigenvalue weighted by molar-refractivity contribution is 5.92. The van der Waals surface area contributed by atoms with Crippen LogP contribution in [0.25, 0.3) is 0 Å². The van der Waals surface area contributed by atoms with Crippen molar-refractivity contribution in [3.05, 3.63) is 29.8 Å². The van der Waals surface area contributed by atoms with Crippen molar-refractivity contribution in [3.63, 3.8) is 0 Å². The number of nitrogens with one attached hydrogen (secondary N) is 1. The van der Waals surface area contributed by atoms with E-state index in [-0.39, 0.29) is 17.7 Å². The number of piperidine rings is 1. The number of nitrogens with zero attached hydrogens (tertiary/aromatic N) is 1. The summed E-state index contributed by atoms with van der Waals surface area (Å²) in [6, 6.07) is 7.65. The van der Waals surface area contributed by atoms with Crippen LogP contribution in [0.15, 0.2) is 24.3 Å². The van der Waals surface area contributed by atoms with Gasteiger partial charge in [-0.3, -0.25) is 9.59 Å². The van der Waals surface area contributed by atoms with Gasteiger partial charge in [0.1, 0.15) is 0 Å². The van der Waals surface area contributed by atoms with Crippen LogP contribution in [0.4, 0.5) is 5.69 Å². The van der Waals surface area contributed by atoms with E-state index in [2.05, 4.69) is 5.32 Å². The van der Waals surface area contributed by atoms with E-state index in [1.54, 1.807) is 0 Å². The van der Waals surface area contributed by atoms with Crippen LogP contribution in [0, 0.1) is 5.92 Å². The molecule has 0 atom stereocenters. The number of likely N-dealkylation sites (tertiary alicyclic amines) is 1. The van der Waals surface area contributed by atoms with Crippen molar-refractivity contribution in [2.45, 2.75) is 52.4 Å². The van der Waals surface area contributed by atoms with Crippen LogP contribution in [-0.4, -0.2) is 29.8 Å². The Morgan fingerprint density at radius 1 is 1.04 bits per heavy atom. The lowest BCUT2D eigenvalue weighted by molar-refractivity contribution is -0.131. The van der Waals surface area contributed by atoms with E-state index < -0.39 is 0 Å². The lowest BCUT2D eigenvalue weighted by Crippen LogP contribution is -2.36. The van der Waals surface area contributed by atoms with Crippen molar-refractivity contribution >= 4 is 17.5 Å². The Morgan fingerprint density at radius 2 is 1.65 bits per heavy atom. The lowest BCUT2D eigenvalue weighted by atomic mass is 10.0. The first kappa shape index (κ1) is 17.5. The molecule has 1 N–H and O–H groups in total. The summed E-state index contributed by atoms with van der Waals surface area (Å²) in [5.74, 6) is 0.348. The normalized spacial score (nSPS) is 14.8. The minimum absolute atomic E-state index is 0.0651. The second-order valence-corrected chi connectivity index (χ2v) is 6.32. The van der Waals surface area contributed by atoms with Gasteiger partial charge in [0.25, 0.3) is 0 Å². The van der Waals surface area contributed by atoms with Gasteiger partial charge in [-0.1, -0.05) is 26.0 Å². The number of carbonyl (C=O) groups is 2. The van der Waals surface area contributed by atoms with Crippen molar-refractivity contribution in [1.82, 2.24) is 4.90 Å². The standard InChI is InChI=1S/C19H28N2O2/c1-3-16(4-2)19(23)20-17-10-8-15(9-11-17)14-18(22)21-12-6-5-7-13-21/h8-11,16H,3-7,12-14H2,1-2H3,(H,20,23). The molecule has 1 aliphatic heterocycles. The molecule has 1 aromatic rings. The molecule has 0 aliphatic carbocycles. The molecule has 1 aliphatic rings. The first-order valence-corrected chi connectivity index (χ1v) is 8.81. The third-order valence-corrected chi connectivity index (χ3v) is 4.64. The van der Waals surface area contributed by atoms with Gasteiger partial charge in [-0.2, -0.15) is 0 Å². The van der Waals surface area contributed by atoms with E-state index in [1.807, 2.05) is 43.0 Å². The Morgan fingerprint density at radius 3 is 2.22 bits per heavy atom. The Labute approximate surface area is 139 Å². The van der Waals surface area contributed by atoms with Crippen molar-refractivity contribution < 1.29 is 9.59 Å². The quantitative estimate of drug-likeness (QED) is 0.871. The van der Waals surface area contributed by atoms with Gasteiger partial charge >= 0.3 is 0 Å². The summed E-state index contributed by atoms with van der Waals surface area (Å²) in [5, 5.41) is 2.95. The molecule has 0 aromatic heterocycles. The molecule has 23 heavy (non-hydrogen) atoms. The van der Waals surface area contributed by atoms with Gasteiger partial charge in [0, 0.05) is 24.7 Å². The molecule has 1 fully saturated rings. The molecular weight excluding hydrogens is 288 g/mol. The highest BCUT2D eigenvalue weighted by Gasteiger charge is 2.17. The van der Waals surface area contributed by atoms with Crippen LogP contribution in [0.2, 0.25) is 0 Å². The van der Waals surface area contributed by atoms with Crippen molar-refractivity contribution in [1.29, 1.82) is 0 Å². The summed E-state index contributed by atoms with van der Waals surface area (Å²) in [5.41, 5.74) is 1.80. The van der Waals surface area contributed by atoms with Crippen LogP contribution < -0.4 is 5.32 Å². The summed E-state index contributed by atoms with van der Waals surface area (Å²) in [6.45, 7) is 5.84. The summed E-state index contributed by atoms with van der Waals surface area (Å²) in [7, 11) is 0. The number of anilines is 1. The monoisotopic (exact) mass is 316 g/mol. The van der Waals surface area contributed by atoms with E-state index in [1.165, 1.54) is 6.42 Å². The second kappa shape index (κ2) is 8.70. The van der Waals surface area contributed by atoms with Crippen LogP contribution in [-0.2, 0) is 16.0 Å². The maximum Gasteiger partial charge on any atom is 0.227 e. The SMILES string of the molecule is CCC(CC)C(=O)Nc1ccc(CC(=O)N2CCCCC2)cc1. The summed E-state index contributed by atoms with van der Waals surface area (Å²) >= 11 is 0. The molecule has 0 spiro atoms. The highest BCUT2D eigenvalue weighted by Crippen LogP contribution is 2.16. The van der Waals surface area contributed by atoms with E-state index in [0.717, 1.165) is 50.0 Å². The molecule has 4 nitrogen and oxygen atoms in total. The van der Waals surface area contributed by atoms with Gasteiger partial charge in [0.05, 0.1) is 6.42 Å². The van der Waals surface area contributed by atoms with Crippen molar-refractivity contribution in [2.75, 3.05) is 18.4 Å². The number of hydrogen-bond acceptors (Lipinski definition) is 2. The zero-order valence-electron chi connectivity index (χ0n) is 14.3. The van der Waals surface area contributed by atoms with Gasteiger partial charge in [0.2, 0.25) is 11.8 Å². The molecule has 1 saturated heterocycles. The fourth-order valence-corrected chi connectivity index (χ4v) is 3.04. The fourth-order valence-electron chi connectivity index (χ4n) is 3.04.